The average molecular weight is 663 g/mol. The van der Waals surface area contributed by atoms with E-state index in [1.807, 2.05) is 0 Å². The van der Waals surface area contributed by atoms with Gasteiger partial charge in [0.1, 0.15) is 0 Å². The van der Waals surface area contributed by atoms with E-state index in [2.05, 4.69) is 216 Å². The zero-order valence-corrected chi connectivity index (χ0v) is 28.5. The first-order valence-electron chi connectivity index (χ1n) is 17.8. The second-order valence-electron chi connectivity index (χ2n) is 13.4. The molecule has 10 aromatic rings. The van der Waals surface area contributed by atoms with Gasteiger partial charge in [-0.3, -0.25) is 0 Å². The lowest BCUT2D eigenvalue weighted by atomic mass is 9.98. The zero-order chi connectivity index (χ0) is 34.4. The molecule has 2 nitrogen and oxygen atoms in total. The van der Waals surface area contributed by atoms with Crippen molar-refractivity contribution in [1.29, 1.82) is 0 Å². The molecule has 0 amide bonds. The third kappa shape index (κ3) is 5.12. The summed E-state index contributed by atoms with van der Waals surface area (Å²) in [5, 5.41) is 7.38. The molecule has 0 radical (unpaired) electrons. The second kappa shape index (κ2) is 12.5. The molecule has 0 aliphatic rings. The first-order valence-corrected chi connectivity index (χ1v) is 17.8. The number of para-hydroxylation sites is 2. The van der Waals surface area contributed by atoms with E-state index in [1.165, 1.54) is 71.3 Å². The Bertz CT molecular complexity index is 2880. The summed E-state index contributed by atoms with van der Waals surface area (Å²) in [5.41, 5.74) is 11.9. The largest absolute Gasteiger partial charge is 0.310 e. The summed E-state index contributed by atoms with van der Waals surface area (Å²) in [6.45, 7) is 0. The Hall–Kier alpha value is -6.90. The Labute approximate surface area is 303 Å². The molecule has 244 valence electrons. The highest BCUT2D eigenvalue weighted by molar-refractivity contribution is 6.10. The first-order chi connectivity index (χ1) is 25.8. The van der Waals surface area contributed by atoms with E-state index in [-0.39, 0.29) is 0 Å². The van der Waals surface area contributed by atoms with Crippen LogP contribution in [0.3, 0.4) is 0 Å². The molecule has 0 saturated carbocycles. The SMILES string of the molecule is c1ccc(-c2ccc(N(c3ccc4cc(-c5ccc6c(c5)c5ccccc5n6-c5ccccc5)ccc4c3)c3cccc4ccccc34)cc2)cc1. The molecule has 1 aromatic heterocycles. The van der Waals surface area contributed by atoms with Crippen LogP contribution in [0, 0.1) is 0 Å². The molecule has 10 rings (SSSR count). The van der Waals surface area contributed by atoms with Crippen molar-refractivity contribution in [3.63, 3.8) is 0 Å². The lowest BCUT2D eigenvalue weighted by molar-refractivity contribution is 1.18. The molecular weight excluding hydrogens is 629 g/mol. The topological polar surface area (TPSA) is 8.17 Å². The highest BCUT2D eigenvalue weighted by atomic mass is 15.1. The van der Waals surface area contributed by atoms with Gasteiger partial charge in [-0.2, -0.15) is 0 Å². The third-order valence-electron chi connectivity index (χ3n) is 10.3. The fourth-order valence-electron chi connectivity index (χ4n) is 7.82. The molecule has 0 unspecified atom stereocenters. The van der Waals surface area contributed by atoms with Crippen LogP contribution in [0.1, 0.15) is 0 Å². The molecule has 0 aliphatic heterocycles. The molecule has 1 heterocycles. The number of benzene rings is 9. The van der Waals surface area contributed by atoms with Crippen molar-refractivity contribution in [1.82, 2.24) is 4.57 Å². The van der Waals surface area contributed by atoms with E-state index in [1.54, 1.807) is 0 Å². The smallest absolute Gasteiger partial charge is 0.0541 e. The Morgan fingerprint density at radius 1 is 0.308 bits per heavy atom. The van der Waals surface area contributed by atoms with Gasteiger partial charge in [-0.25, -0.2) is 0 Å². The van der Waals surface area contributed by atoms with Gasteiger partial charge in [0.05, 0.1) is 16.7 Å². The van der Waals surface area contributed by atoms with Crippen molar-refractivity contribution in [2.24, 2.45) is 0 Å². The minimum Gasteiger partial charge on any atom is -0.310 e. The molecule has 0 atom stereocenters. The van der Waals surface area contributed by atoms with E-state index in [0.29, 0.717) is 0 Å². The molecule has 0 spiro atoms. The number of hydrogen-bond donors (Lipinski definition) is 0. The number of hydrogen-bond acceptors (Lipinski definition) is 1. The van der Waals surface area contributed by atoms with Crippen LogP contribution in [-0.2, 0) is 0 Å². The Morgan fingerprint density at radius 2 is 0.885 bits per heavy atom. The van der Waals surface area contributed by atoms with Crippen LogP contribution in [0.25, 0.3) is 71.3 Å². The van der Waals surface area contributed by atoms with Gasteiger partial charge < -0.3 is 9.47 Å². The van der Waals surface area contributed by atoms with Gasteiger partial charge in [0.25, 0.3) is 0 Å². The maximum Gasteiger partial charge on any atom is 0.0541 e. The van der Waals surface area contributed by atoms with Crippen LogP contribution in [0.2, 0.25) is 0 Å². The van der Waals surface area contributed by atoms with Gasteiger partial charge in [0.2, 0.25) is 0 Å². The maximum absolute atomic E-state index is 2.39. The van der Waals surface area contributed by atoms with Gasteiger partial charge in [0.15, 0.2) is 0 Å². The number of nitrogens with zero attached hydrogens (tertiary/aromatic N) is 2. The summed E-state index contributed by atoms with van der Waals surface area (Å²) in [6.07, 6.45) is 0. The summed E-state index contributed by atoms with van der Waals surface area (Å²) in [4.78, 5) is 2.39. The van der Waals surface area contributed by atoms with Gasteiger partial charge in [-0.15, -0.1) is 0 Å². The second-order valence-corrected chi connectivity index (χ2v) is 13.4. The predicted octanol–water partition coefficient (Wildman–Crippen LogP) is 13.9. The van der Waals surface area contributed by atoms with Crippen molar-refractivity contribution < 1.29 is 0 Å². The quantitative estimate of drug-likeness (QED) is 0.172. The first kappa shape index (κ1) is 30.0. The van der Waals surface area contributed by atoms with Crippen LogP contribution in [0.4, 0.5) is 17.1 Å². The van der Waals surface area contributed by atoms with E-state index in [9.17, 15) is 0 Å². The summed E-state index contributed by atoms with van der Waals surface area (Å²) in [6, 6.07) is 74.7. The van der Waals surface area contributed by atoms with Crippen molar-refractivity contribution >= 4 is 60.4 Å². The summed E-state index contributed by atoms with van der Waals surface area (Å²) < 4.78 is 2.37. The number of rotatable bonds is 6. The van der Waals surface area contributed by atoms with E-state index >= 15 is 0 Å². The average Bonchev–Trinajstić information content (AvgIpc) is 3.55. The van der Waals surface area contributed by atoms with Crippen LogP contribution in [-0.4, -0.2) is 4.57 Å². The molecular formula is C50H34N2. The van der Waals surface area contributed by atoms with E-state index in [4.69, 9.17) is 0 Å². The zero-order valence-electron chi connectivity index (χ0n) is 28.5. The van der Waals surface area contributed by atoms with Crippen molar-refractivity contribution in [2.75, 3.05) is 4.90 Å². The van der Waals surface area contributed by atoms with Crippen LogP contribution >= 0.6 is 0 Å². The number of aromatic nitrogens is 1. The predicted molar refractivity (Wildman–Crippen MR) is 221 cm³/mol. The molecule has 0 bridgehead atoms. The van der Waals surface area contributed by atoms with Gasteiger partial charge >= 0.3 is 0 Å². The molecule has 0 N–H and O–H groups in total. The fraction of sp³-hybridized carbons (Fsp3) is 0. The van der Waals surface area contributed by atoms with Crippen LogP contribution in [0.5, 0.6) is 0 Å². The fourth-order valence-corrected chi connectivity index (χ4v) is 7.82. The highest BCUT2D eigenvalue weighted by Crippen LogP contribution is 2.41. The number of anilines is 3. The summed E-state index contributed by atoms with van der Waals surface area (Å²) in [5.74, 6) is 0. The van der Waals surface area contributed by atoms with E-state index < -0.39 is 0 Å². The lowest BCUT2D eigenvalue weighted by Gasteiger charge is -2.27. The lowest BCUT2D eigenvalue weighted by Crippen LogP contribution is -2.10. The normalized spacial score (nSPS) is 11.5. The Morgan fingerprint density at radius 3 is 1.73 bits per heavy atom. The van der Waals surface area contributed by atoms with Crippen molar-refractivity contribution in [2.45, 2.75) is 0 Å². The standard InChI is InChI=1S/C50H34N2/c1-3-12-35(13-4-1)36-24-28-43(29-25-36)51(48-21-11-15-37-14-7-8-18-45(37)48)44-30-26-39-32-38(22-23-40(39)33-44)41-27-31-50-47(34-41)46-19-9-10-20-49(46)52(50)42-16-5-2-6-17-42/h1-34H. The summed E-state index contributed by atoms with van der Waals surface area (Å²) in [7, 11) is 0. The molecule has 0 saturated heterocycles. The summed E-state index contributed by atoms with van der Waals surface area (Å²) >= 11 is 0. The molecule has 2 heteroatoms. The highest BCUT2D eigenvalue weighted by Gasteiger charge is 2.17. The molecule has 52 heavy (non-hydrogen) atoms. The van der Waals surface area contributed by atoms with Gasteiger partial charge in [-0.1, -0.05) is 140 Å². The van der Waals surface area contributed by atoms with Gasteiger partial charge in [-0.05, 0) is 105 Å². The van der Waals surface area contributed by atoms with Crippen LogP contribution < -0.4 is 4.90 Å². The maximum atomic E-state index is 2.39. The molecule has 9 aromatic carbocycles. The molecule has 0 aliphatic carbocycles. The van der Waals surface area contributed by atoms with Crippen molar-refractivity contribution in [3.8, 4) is 27.9 Å². The number of fused-ring (bicyclic) bond motifs is 5. The monoisotopic (exact) mass is 662 g/mol. The van der Waals surface area contributed by atoms with Crippen molar-refractivity contribution in [3.05, 3.63) is 206 Å². The Kier molecular flexibility index (Phi) is 7.18. The van der Waals surface area contributed by atoms with Gasteiger partial charge in [0, 0.05) is 33.2 Å². The Balaban J connectivity index is 1.07. The third-order valence-corrected chi connectivity index (χ3v) is 10.3. The van der Waals surface area contributed by atoms with Crippen LogP contribution in [0.15, 0.2) is 206 Å². The minimum atomic E-state index is 1.12. The molecule has 0 fully saturated rings. The minimum absolute atomic E-state index is 1.12. The van der Waals surface area contributed by atoms with E-state index in [0.717, 1.165) is 17.1 Å².